The number of benzene rings is 2. The lowest BCUT2D eigenvalue weighted by Crippen LogP contribution is -2.38. The summed E-state index contributed by atoms with van der Waals surface area (Å²) in [5, 5.41) is 9.07. The summed E-state index contributed by atoms with van der Waals surface area (Å²) in [6.07, 6.45) is -0.372. The fourth-order valence-corrected chi connectivity index (χ4v) is 4.42. The Hall–Kier alpha value is -3.07. The minimum atomic E-state index is -1.27. The monoisotopic (exact) mass is 484 g/mol. The molecule has 3 aromatic rings. The van der Waals surface area contributed by atoms with E-state index in [-0.39, 0.29) is 23.8 Å². The van der Waals surface area contributed by atoms with Crippen LogP contribution in [0.5, 0.6) is 5.88 Å². The number of carbonyl (C=O) groups is 1. The fraction of sp³-hybridized carbons (Fsp3) is 0.360. The number of hydrogen-bond acceptors (Lipinski definition) is 6. The van der Waals surface area contributed by atoms with Crippen LogP contribution in [0.3, 0.4) is 0 Å². The Morgan fingerprint density at radius 3 is 2.68 bits per heavy atom. The van der Waals surface area contributed by atoms with Gasteiger partial charge >= 0.3 is 0 Å². The number of halogens is 2. The summed E-state index contributed by atoms with van der Waals surface area (Å²) in [5.74, 6) is -1.10. The highest BCUT2D eigenvalue weighted by atomic mass is 32.2. The predicted octanol–water partition coefficient (Wildman–Crippen LogP) is 5.96. The van der Waals surface area contributed by atoms with Gasteiger partial charge in [0.1, 0.15) is 0 Å². The fourth-order valence-electron chi connectivity index (χ4n) is 3.69. The Morgan fingerprint density at radius 2 is 1.97 bits per heavy atom. The smallest absolute Gasteiger partial charge is 0.247 e. The summed E-state index contributed by atoms with van der Waals surface area (Å²) in [6.45, 7) is 7.89. The summed E-state index contributed by atoms with van der Waals surface area (Å²) in [6, 6.07) is 9.42. The molecular formula is C25H26F2N4O2S. The summed E-state index contributed by atoms with van der Waals surface area (Å²) < 4.78 is 35.4. The molecular weight excluding hydrogens is 458 g/mol. The summed E-state index contributed by atoms with van der Waals surface area (Å²) in [4.78, 5) is 19.1. The highest BCUT2D eigenvalue weighted by Gasteiger charge is 2.37. The number of nitrogens with zero attached hydrogens (tertiary/aromatic N) is 4. The lowest BCUT2D eigenvalue weighted by Gasteiger charge is -2.31. The quantitative estimate of drug-likeness (QED) is 0.402. The first-order valence-electron chi connectivity index (χ1n) is 11.3. The first-order valence-corrected chi connectivity index (χ1v) is 12.3. The van der Waals surface area contributed by atoms with Crippen LogP contribution in [-0.2, 0) is 11.2 Å². The van der Waals surface area contributed by atoms with Gasteiger partial charge in [-0.3, -0.25) is 9.69 Å². The molecule has 0 radical (unpaired) electrons. The van der Waals surface area contributed by atoms with E-state index in [0.717, 1.165) is 23.8 Å². The van der Waals surface area contributed by atoms with Gasteiger partial charge in [0.25, 0.3) is 0 Å². The molecule has 34 heavy (non-hydrogen) atoms. The maximum Gasteiger partial charge on any atom is 0.247 e. The maximum atomic E-state index is 15.0. The van der Waals surface area contributed by atoms with Gasteiger partial charge in [0.2, 0.25) is 23.2 Å². The van der Waals surface area contributed by atoms with E-state index < -0.39 is 17.9 Å². The second kappa shape index (κ2) is 10.0. The van der Waals surface area contributed by atoms with Crippen LogP contribution >= 0.6 is 11.8 Å². The number of fused-ring (bicyclic) bond motifs is 3. The number of hydrogen-bond donors (Lipinski definition) is 0. The molecule has 0 aliphatic carbocycles. The zero-order valence-corrected chi connectivity index (χ0v) is 20.3. The van der Waals surface area contributed by atoms with Crippen molar-refractivity contribution in [2.75, 3.05) is 10.7 Å². The third-order valence-electron chi connectivity index (χ3n) is 5.44. The van der Waals surface area contributed by atoms with Crippen LogP contribution in [0.25, 0.3) is 11.3 Å². The van der Waals surface area contributed by atoms with Crippen LogP contribution < -0.4 is 9.64 Å². The number of amides is 1. The van der Waals surface area contributed by atoms with Crippen molar-refractivity contribution in [1.82, 2.24) is 15.2 Å². The molecule has 9 heteroatoms. The van der Waals surface area contributed by atoms with Gasteiger partial charge in [-0.25, -0.2) is 8.78 Å². The third kappa shape index (κ3) is 4.61. The number of aromatic nitrogens is 3. The first kappa shape index (κ1) is 24.1. The van der Waals surface area contributed by atoms with Crippen LogP contribution in [0.4, 0.5) is 14.5 Å². The second-order valence-electron chi connectivity index (χ2n) is 8.39. The molecule has 0 fully saturated rings. The van der Waals surface area contributed by atoms with Gasteiger partial charge in [0, 0.05) is 17.7 Å². The highest BCUT2D eigenvalue weighted by molar-refractivity contribution is 7.99. The van der Waals surface area contributed by atoms with E-state index in [1.807, 2.05) is 19.1 Å². The maximum absolute atomic E-state index is 15.0. The number of ether oxygens (including phenoxy) is 1. The van der Waals surface area contributed by atoms with Crippen LogP contribution in [0, 0.1) is 17.6 Å². The van der Waals surface area contributed by atoms with Crippen LogP contribution in [0.15, 0.2) is 41.6 Å². The molecule has 1 atom stereocenters. The molecule has 0 saturated carbocycles. The lowest BCUT2D eigenvalue weighted by molar-refractivity contribution is -0.120. The Labute approximate surface area is 201 Å². The van der Waals surface area contributed by atoms with E-state index in [9.17, 15) is 13.6 Å². The van der Waals surface area contributed by atoms with Crippen LogP contribution in [-0.4, -0.2) is 26.8 Å². The lowest BCUT2D eigenvalue weighted by atomic mass is 10.0. The topological polar surface area (TPSA) is 68.2 Å². The van der Waals surface area contributed by atoms with Crippen molar-refractivity contribution in [3.8, 4) is 17.1 Å². The second-order valence-corrected chi connectivity index (χ2v) is 9.38. The van der Waals surface area contributed by atoms with Crippen molar-refractivity contribution in [1.29, 1.82) is 0 Å². The van der Waals surface area contributed by atoms with Gasteiger partial charge < -0.3 is 4.74 Å². The number of anilines is 1. The van der Waals surface area contributed by atoms with Crippen LogP contribution in [0.1, 0.15) is 51.5 Å². The van der Waals surface area contributed by atoms with E-state index in [4.69, 9.17) is 4.74 Å². The van der Waals surface area contributed by atoms with E-state index in [1.165, 1.54) is 28.8 Å². The van der Waals surface area contributed by atoms with Crippen molar-refractivity contribution in [3.05, 3.63) is 59.2 Å². The molecule has 1 aliphatic heterocycles. The zero-order chi connectivity index (χ0) is 24.4. The molecule has 1 unspecified atom stereocenters. The van der Waals surface area contributed by atoms with Crippen molar-refractivity contribution in [2.45, 2.75) is 51.9 Å². The first-order chi connectivity index (χ1) is 16.3. The van der Waals surface area contributed by atoms with E-state index in [1.54, 1.807) is 13.0 Å². The molecule has 0 spiro atoms. The highest BCUT2D eigenvalue weighted by Crippen LogP contribution is 2.44. The average molecular weight is 485 g/mol. The van der Waals surface area contributed by atoms with Crippen molar-refractivity contribution >= 4 is 23.4 Å². The molecule has 4 rings (SSSR count). The minimum Gasteiger partial charge on any atom is -0.447 e. The van der Waals surface area contributed by atoms with E-state index in [0.29, 0.717) is 28.0 Å². The van der Waals surface area contributed by atoms with Gasteiger partial charge in [-0.1, -0.05) is 57.7 Å². The molecule has 0 N–H and O–H groups in total. The number of aryl methyl sites for hydroxylation is 1. The van der Waals surface area contributed by atoms with E-state index >= 15 is 0 Å². The summed E-state index contributed by atoms with van der Waals surface area (Å²) in [5.41, 5.74) is 2.36. The molecule has 6 nitrogen and oxygen atoms in total. The molecule has 178 valence electrons. The molecule has 1 amide bonds. The largest absolute Gasteiger partial charge is 0.447 e. The number of carbonyl (C=O) groups excluding carboxylic acids is 1. The standard InChI is InChI=1S/C25H26F2N4O2S/c1-5-15-10-11-19-17(12-15)22-23(28-25(30-29-22)34-13-14(3)4)33-24(31(19)20(32)6-2)16-8-7-9-18(26)21(16)27/h7-12,14,24H,5-6,13H2,1-4H3. The van der Waals surface area contributed by atoms with Crippen molar-refractivity contribution in [3.63, 3.8) is 0 Å². The zero-order valence-electron chi connectivity index (χ0n) is 19.5. The van der Waals surface area contributed by atoms with Gasteiger partial charge in [0.15, 0.2) is 17.3 Å². The Morgan fingerprint density at radius 1 is 1.18 bits per heavy atom. The molecule has 0 bridgehead atoms. The van der Waals surface area contributed by atoms with Gasteiger partial charge in [-0.05, 0) is 36.1 Å². The molecule has 1 aliphatic rings. The van der Waals surface area contributed by atoms with E-state index in [2.05, 4.69) is 29.0 Å². The normalized spacial score (nSPS) is 14.9. The Bertz CT molecular complexity index is 1220. The van der Waals surface area contributed by atoms with Gasteiger partial charge in [0.05, 0.1) is 11.3 Å². The third-order valence-corrected chi connectivity index (χ3v) is 6.71. The van der Waals surface area contributed by atoms with Crippen molar-refractivity contribution < 1.29 is 18.3 Å². The summed E-state index contributed by atoms with van der Waals surface area (Å²) in [7, 11) is 0. The van der Waals surface area contributed by atoms with Crippen molar-refractivity contribution in [2.24, 2.45) is 5.92 Å². The molecule has 1 aromatic heterocycles. The van der Waals surface area contributed by atoms with Crippen LogP contribution in [0.2, 0.25) is 0 Å². The number of thioether (sulfide) groups is 1. The number of rotatable bonds is 6. The molecule has 0 saturated heterocycles. The molecule has 2 aromatic carbocycles. The Kier molecular flexibility index (Phi) is 7.11. The van der Waals surface area contributed by atoms with Gasteiger partial charge in [-0.2, -0.15) is 4.98 Å². The SMILES string of the molecule is CCC(=O)N1c2ccc(CC)cc2-c2nnc(SCC(C)C)nc2OC1c1cccc(F)c1F. The minimum absolute atomic E-state index is 0.102. The molecule has 2 heterocycles. The predicted molar refractivity (Wildman–Crippen MR) is 128 cm³/mol. The Balaban J connectivity index is 1.96. The average Bonchev–Trinajstić information content (AvgIpc) is 2.97. The summed E-state index contributed by atoms with van der Waals surface area (Å²) >= 11 is 1.43. The van der Waals surface area contributed by atoms with Gasteiger partial charge in [-0.15, -0.1) is 10.2 Å².